The molecule has 0 radical (unpaired) electrons. The van der Waals surface area contributed by atoms with E-state index >= 15 is 0 Å². The molecule has 3 rings (SSSR count). The quantitative estimate of drug-likeness (QED) is 0.530. The number of rotatable bonds is 8. The van der Waals surface area contributed by atoms with Crippen molar-refractivity contribution >= 4 is 23.2 Å². The number of carbonyl (C=O) groups excluding carboxylic acids is 2. The third kappa shape index (κ3) is 6.58. The number of ether oxygens (including phenoxy) is 1. The Morgan fingerprint density at radius 1 is 1.03 bits per heavy atom. The summed E-state index contributed by atoms with van der Waals surface area (Å²) in [6, 6.07) is 17.3. The predicted molar refractivity (Wildman–Crippen MR) is 115 cm³/mol. The smallest absolute Gasteiger partial charge is 0.405 e. The summed E-state index contributed by atoms with van der Waals surface area (Å²) in [5.41, 5.74) is 1.04. The van der Waals surface area contributed by atoms with Crippen molar-refractivity contribution in [3.05, 3.63) is 88.1 Å². The molecule has 2 aromatic carbocycles. The van der Waals surface area contributed by atoms with Crippen LogP contribution in [0.2, 0.25) is 0 Å². The molecule has 2 amide bonds. The average Bonchev–Trinajstić information content (AvgIpc) is 3.29. The summed E-state index contributed by atoms with van der Waals surface area (Å²) in [6.45, 7) is -0.120. The fraction of sp³-hybridized carbons (Fsp3) is 0.217. The first-order chi connectivity index (χ1) is 15.2. The Bertz CT molecular complexity index is 1040. The van der Waals surface area contributed by atoms with Crippen molar-refractivity contribution in [2.24, 2.45) is 0 Å². The molecular weight excluding hydrogens is 441 g/mol. The van der Waals surface area contributed by atoms with Crippen LogP contribution in [0, 0.1) is 0 Å². The highest BCUT2D eigenvalue weighted by Gasteiger charge is 2.32. The zero-order valence-electron chi connectivity index (χ0n) is 17.1. The summed E-state index contributed by atoms with van der Waals surface area (Å²) < 4.78 is 42.2. The third-order valence-corrected chi connectivity index (χ3v) is 5.48. The Kier molecular flexibility index (Phi) is 7.53. The van der Waals surface area contributed by atoms with Gasteiger partial charge in [-0.3, -0.25) is 9.59 Å². The minimum absolute atomic E-state index is 0.120. The number of para-hydroxylation sites is 1. The van der Waals surface area contributed by atoms with Crippen LogP contribution in [0.3, 0.4) is 0 Å². The number of halogens is 3. The van der Waals surface area contributed by atoms with E-state index in [0.717, 1.165) is 5.56 Å². The number of nitrogens with zero attached hydrogens (tertiary/aromatic N) is 1. The van der Waals surface area contributed by atoms with Crippen molar-refractivity contribution in [2.75, 3.05) is 7.05 Å². The van der Waals surface area contributed by atoms with Crippen LogP contribution in [-0.2, 0) is 17.8 Å². The average molecular weight is 462 g/mol. The van der Waals surface area contributed by atoms with Gasteiger partial charge in [0, 0.05) is 25.6 Å². The summed E-state index contributed by atoms with van der Waals surface area (Å²) >= 11 is 1.25. The lowest BCUT2D eigenvalue weighted by atomic mass is 10.0. The van der Waals surface area contributed by atoms with Gasteiger partial charge in [0.25, 0.3) is 5.91 Å². The minimum Gasteiger partial charge on any atom is -0.405 e. The van der Waals surface area contributed by atoms with Crippen molar-refractivity contribution in [2.45, 2.75) is 25.4 Å². The molecule has 1 N–H and O–H groups in total. The highest BCUT2D eigenvalue weighted by atomic mass is 32.1. The number of nitrogens with one attached hydrogen (secondary N) is 1. The van der Waals surface area contributed by atoms with Crippen molar-refractivity contribution in [1.29, 1.82) is 0 Å². The second-order valence-electron chi connectivity index (χ2n) is 7.04. The Balaban J connectivity index is 1.78. The number of amides is 2. The summed E-state index contributed by atoms with van der Waals surface area (Å²) in [5.74, 6) is -1.19. The van der Waals surface area contributed by atoms with Crippen molar-refractivity contribution in [1.82, 2.24) is 10.2 Å². The van der Waals surface area contributed by atoms with Crippen molar-refractivity contribution in [3.8, 4) is 5.75 Å². The van der Waals surface area contributed by atoms with E-state index in [-0.39, 0.29) is 30.2 Å². The van der Waals surface area contributed by atoms with Crippen LogP contribution in [0.15, 0.2) is 72.1 Å². The van der Waals surface area contributed by atoms with Gasteiger partial charge in [-0.05, 0) is 23.1 Å². The SMILES string of the molecule is CN(Cc1ccccc1OC(F)(F)F)C(=O)C(Cc1ccccc1)NC(=O)c1cccs1. The van der Waals surface area contributed by atoms with Gasteiger partial charge in [0.05, 0.1) is 4.88 Å². The molecule has 0 bridgehead atoms. The molecule has 0 spiro atoms. The lowest BCUT2D eigenvalue weighted by Crippen LogP contribution is -2.48. The van der Waals surface area contributed by atoms with E-state index in [4.69, 9.17) is 0 Å². The predicted octanol–water partition coefficient (Wildman–Crippen LogP) is 4.65. The molecule has 168 valence electrons. The molecule has 5 nitrogen and oxygen atoms in total. The highest BCUT2D eigenvalue weighted by molar-refractivity contribution is 7.12. The summed E-state index contributed by atoms with van der Waals surface area (Å²) in [7, 11) is 1.47. The summed E-state index contributed by atoms with van der Waals surface area (Å²) in [5, 5.41) is 4.51. The molecule has 0 aliphatic rings. The van der Waals surface area contributed by atoms with E-state index in [2.05, 4.69) is 10.1 Å². The lowest BCUT2D eigenvalue weighted by Gasteiger charge is -2.25. The van der Waals surface area contributed by atoms with Crippen LogP contribution in [-0.4, -0.2) is 36.2 Å². The highest BCUT2D eigenvalue weighted by Crippen LogP contribution is 2.27. The maximum absolute atomic E-state index is 13.2. The normalized spacial score (nSPS) is 12.1. The van der Waals surface area contributed by atoms with Crippen molar-refractivity contribution < 1.29 is 27.5 Å². The van der Waals surface area contributed by atoms with Gasteiger partial charge in [0.1, 0.15) is 11.8 Å². The van der Waals surface area contributed by atoms with Gasteiger partial charge in [-0.2, -0.15) is 0 Å². The monoisotopic (exact) mass is 462 g/mol. The molecule has 1 aromatic heterocycles. The summed E-state index contributed by atoms with van der Waals surface area (Å²) in [4.78, 5) is 27.5. The standard InChI is InChI=1S/C23H21F3N2O3S/c1-28(15-17-10-5-6-11-19(17)31-23(24,25)26)22(30)18(14-16-8-3-2-4-9-16)27-21(29)20-12-7-13-32-20/h2-13,18H,14-15H2,1H3,(H,27,29). The Labute approximate surface area is 187 Å². The topological polar surface area (TPSA) is 58.6 Å². The van der Waals surface area contributed by atoms with Gasteiger partial charge in [0.15, 0.2) is 0 Å². The molecule has 0 aliphatic carbocycles. The Morgan fingerprint density at radius 3 is 2.38 bits per heavy atom. The summed E-state index contributed by atoms with van der Waals surface area (Å²) in [6.07, 6.45) is -4.61. The van der Waals surface area contributed by atoms with Gasteiger partial charge in [-0.25, -0.2) is 0 Å². The number of likely N-dealkylation sites (N-methyl/N-ethyl adjacent to an activating group) is 1. The third-order valence-electron chi connectivity index (χ3n) is 4.61. The molecule has 1 atom stereocenters. The second kappa shape index (κ2) is 10.3. The van der Waals surface area contributed by atoms with Gasteiger partial charge in [-0.1, -0.05) is 54.6 Å². The molecule has 3 aromatic rings. The lowest BCUT2D eigenvalue weighted by molar-refractivity contribution is -0.275. The van der Waals surface area contributed by atoms with Crippen LogP contribution in [0.5, 0.6) is 5.75 Å². The van der Waals surface area contributed by atoms with Crippen LogP contribution >= 0.6 is 11.3 Å². The van der Waals surface area contributed by atoms with E-state index in [0.29, 0.717) is 4.88 Å². The molecule has 1 unspecified atom stereocenters. The number of thiophene rings is 1. The largest absolute Gasteiger partial charge is 0.573 e. The fourth-order valence-corrected chi connectivity index (χ4v) is 3.77. The van der Waals surface area contributed by atoms with Gasteiger partial charge in [-0.15, -0.1) is 24.5 Å². The van der Waals surface area contributed by atoms with E-state index in [1.54, 1.807) is 23.6 Å². The minimum atomic E-state index is -4.84. The van der Waals surface area contributed by atoms with Crippen LogP contribution in [0.25, 0.3) is 0 Å². The number of benzene rings is 2. The van der Waals surface area contributed by atoms with Gasteiger partial charge >= 0.3 is 6.36 Å². The number of hydrogen-bond donors (Lipinski definition) is 1. The number of carbonyl (C=O) groups is 2. The maximum Gasteiger partial charge on any atom is 0.573 e. The molecular formula is C23H21F3N2O3S. The van der Waals surface area contributed by atoms with Gasteiger partial charge in [0.2, 0.25) is 5.91 Å². The molecule has 9 heteroatoms. The van der Waals surface area contributed by atoms with Crippen LogP contribution in [0.1, 0.15) is 20.8 Å². The van der Waals surface area contributed by atoms with Crippen molar-refractivity contribution in [3.63, 3.8) is 0 Å². The molecule has 32 heavy (non-hydrogen) atoms. The first kappa shape index (κ1) is 23.3. The van der Waals surface area contributed by atoms with E-state index < -0.39 is 18.3 Å². The second-order valence-corrected chi connectivity index (χ2v) is 7.99. The first-order valence-corrected chi connectivity index (χ1v) is 10.6. The molecule has 0 saturated carbocycles. The Morgan fingerprint density at radius 2 is 1.72 bits per heavy atom. The zero-order chi connectivity index (χ0) is 23.1. The van der Waals surface area contributed by atoms with E-state index in [9.17, 15) is 22.8 Å². The number of hydrogen-bond acceptors (Lipinski definition) is 4. The van der Waals surface area contributed by atoms with E-state index in [1.165, 1.54) is 41.5 Å². The van der Waals surface area contributed by atoms with Crippen LogP contribution in [0.4, 0.5) is 13.2 Å². The van der Waals surface area contributed by atoms with Gasteiger partial charge < -0.3 is 15.0 Å². The molecule has 0 fully saturated rings. The van der Waals surface area contributed by atoms with E-state index in [1.807, 2.05) is 30.3 Å². The molecule has 0 aliphatic heterocycles. The maximum atomic E-state index is 13.2. The number of alkyl halides is 3. The Hall–Kier alpha value is -3.33. The first-order valence-electron chi connectivity index (χ1n) is 9.70. The fourth-order valence-electron chi connectivity index (χ4n) is 3.15. The molecule has 1 heterocycles. The molecule has 0 saturated heterocycles. The zero-order valence-corrected chi connectivity index (χ0v) is 18.0. The van der Waals surface area contributed by atoms with Crippen LogP contribution < -0.4 is 10.1 Å².